The minimum absolute atomic E-state index is 0.449. The summed E-state index contributed by atoms with van der Waals surface area (Å²) >= 11 is 0. The van der Waals surface area contributed by atoms with E-state index in [2.05, 4.69) is 21.3 Å². The van der Waals surface area contributed by atoms with E-state index < -0.39 is 0 Å². The fraction of sp³-hybridized carbons (Fsp3) is 0.400. The number of nitrogens with one attached hydrogen (secondary N) is 1. The molecule has 0 unspecified atom stereocenters. The Labute approximate surface area is 154 Å². The van der Waals surface area contributed by atoms with Gasteiger partial charge in [-0.15, -0.1) is 0 Å². The summed E-state index contributed by atoms with van der Waals surface area (Å²) in [5, 5.41) is 12.4. The predicted octanol–water partition coefficient (Wildman–Crippen LogP) is 2.58. The molecule has 6 nitrogen and oxygen atoms in total. The number of anilines is 1. The van der Waals surface area contributed by atoms with Crippen LogP contribution in [0, 0.1) is 18.3 Å². The molecule has 1 aliphatic rings. The van der Waals surface area contributed by atoms with Gasteiger partial charge in [0.15, 0.2) is 0 Å². The molecular weight excluding hydrogens is 328 g/mol. The summed E-state index contributed by atoms with van der Waals surface area (Å²) in [6.07, 6.45) is 0. The molecule has 0 spiro atoms. The van der Waals surface area contributed by atoms with Gasteiger partial charge in [-0.1, -0.05) is 24.3 Å². The molecule has 2 heterocycles. The van der Waals surface area contributed by atoms with Crippen LogP contribution in [0.1, 0.15) is 16.8 Å². The molecule has 2 aromatic rings. The lowest BCUT2D eigenvalue weighted by atomic mass is 10.2. The van der Waals surface area contributed by atoms with Gasteiger partial charge in [0.2, 0.25) is 0 Å². The maximum atomic E-state index is 9.10. The van der Waals surface area contributed by atoms with Crippen LogP contribution in [0.25, 0.3) is 0 Å². The molecule has 1 aliphatic heterocycles. The molecule has 3 rings (SSSR count). The molecule has 0 aliphatic carbocycles. The fourth-order valence-corrected chi connectivity index (χ4v) is 2.83. The average Bonchev–Trinajstić information content (AvgIpc) is 2.69. The summed E-state index contributed by atoms with van der Waals surface area (Å²) in [5.41, 5.74) is 2.39. The fourth-order valence-electron chi connectivity index (χ4n) is 2.83. The Bertz CT molecular complexity index is 767. The molecule has 0 bridgehead atoms. The Morgan fingerprint density at radius 2 is 2.04 bits per heavy atom. The third-order valence-electron chi connectivity index (χ3n) is 4.40. The van der Waals surface area contributed by atoms with Crippen molar-refractivity contribution >= 4 is 5.82 Å². The highest BCUT2D eigenvalue weighted by atomic mass is 16.5. The number of hydrogen-bond donors (Lipinski definition) is 1. The molecule has 1 fully saturated rings. The normalized spacial score (nSPS) is 14.6. The van der Waals surface area contributed by atoms with Crippen molar-refractivity contribution in [1.82, 2.24) is 9.88 Å². The van der Waals surface area contributed by atoms with Gasteiger partial charge in [0.05, 0.1) is 13.2 Å². The first-order chi connectivity index (χ1) is 12.8. The molecule has 1 N–H and O–H groups in total. The Balaban J connectivity index is 1.56. The zero-order valence-corrected chi connectivity index (χ0v) is 15.1. The van der Waals surface area contributed by atoms with Gasteiger partial charge in [0.1, 0.15) is 29.9 Å². The number of aryl methyl sites for hydroxylation is 1. The maximum absolute atomic E-state index is 9.10. The molecule has 1 aromatic carbocycles. The first-order valence-corrected chi connectivity index (χ1v) is 8.88. The van der Waals surface area contributed by atoms with E-state index in [1.807, 2.05) is 43.3 Å². The second kappa shape index (κ2) is 9.18. The van der Waals surface area contributed by atoms with E-state index in [9.17, 15) is 0 Å². The van der Waals surface area contributed by atoms with Gasteiger partial charge >= 0.3 is 0 Å². The van der Waals surface area contributed by atoms with Gasteiger partial charge in [-0.3, -0.25) is 4.90 Å². The molecule has 136 valence electrons. The number of ether oxygens (including phenoxy) is 2. The van der Waals surface area contributed by atoms with Crippen LogP contribution in [0.15, 0.2) is 36.4 Å². The van der Waals surface area contributed by atoms with Crippen LogP contribution in [-0.2, 0) is 11.3 Å². The first kappa shape index (κ1) is 18.2. The van der Waals surface area contributed by atoms with Gasteiger partial charge in [-0.2, -0.15) is 5.26 Å². The van der Waals surface area contributed by atoms with Crippen molar-refractivity contribution in [2.24, 2.45) is 0 Å². The standard InChI is InChI=1S/C20H24N4O2/c1-16-6-7-20(23-18(16)14-21)22-15-17-4-2-3-5-19(17)26-13-10-24-8-11-25-12-9-24/h2-7H,8-13,15H2,1H3,(H,22,23). The van der Waals surface area contributed by atoms with Crippen LogP contribution in [0.5, 0.6) is 5.75 Å². The second-order valence-corrected chi connectivity index (χ2v) is 6.24. The van der Waals surface area contributed by atoms with Crippen molar-refractivity contribution in [3.8, 4) is 11.8 Å². The van der Waals surface area contributed by atoms with E-state index in [0.29, 0.717) is 24.7 Å². The van der Waals surface area contributed by atoms with E-state index in [0.717, 1.165) is 49.7 Å². The lowest BCUT2D eigenvalue weighted by molar-refractivity contribution is 0.0322. The molecule has 0 atom stereocenters. The minimum Gasteiger partial charge on any atom is -0.492 e. The topological polar surface area (TPSA) is 70.4 Å². The number of para-hydroxylation sites is 1. The van der Waals surface area contributed by atoms with E-state index in [1.165, 1.54) is 0 Å². The Morgan fingerprint density at radius 1 is 1.23 bits per heavy atom. The van der Waals surface area contributed by atoms with Crippen molar-refractivity contribution < 1.29 is 9.47 Å². The van der Waals surface area contributed by atoms with Crippen LogP contribution in [0.3, 0.4) is 0 Å². The number of aromatic nitrogens is 1. The van der Waals surface area contributed by atoms with Crippen LogP contribution < -0.4 is 10.1 Å². The highest BCUT2D eigenvalue weighted by Crippen LogP contribution is 2.19. The number of nitriles is 1. The summed E-state index contributed by atoms with van der Waals surface area (Å²) in [4.78, 5) is 6.68. The summed E-state index contributed by atoms with van der Waals surface area (Å²) in [7, 11) is 0. The zero-order valence-electron chi connectivity index (χ0n) is 15.1. The van der Waals surface area contributed by atoms with Gasteiger partial charge < -0.3 is 14.8 Å². The number of morpholine rings is 1. The van der Waals surface area contributed by atoms with Crippen molar-refractivity contribution in [3.63, 3.8) is 0 Å². The molecule has 26 heavy (non-hydrogen) atoms. The summed E-state index contributed by atoms with van der Waals surface area (Å²) in [6.45, 7) is 7.55. The third kappa shape index (κ3) is 4.94. The highest BCUT2D eigenvalue weighted by Gasteiger charge is 2.10. The van der Waals surface area contributed by atoms with E-state index >= 15 is 0 Å². The van der Waals surface area contributed by atoms with Crippen LogP contribution in [0.2, 0.25) is 0 Å². The Hall–Kier alpha value is -2.62. The van der Waals surface area contributed by atoms with Crippen molar-refractivity contribution in [3.05, 3.63) is 53.2 Å². The Morgan fingerprint density at radius 3 is 2.85 bits per heavy atom. The number of benzene rings is 1. The first-order valence-electron chi connectivity index (χ1n) is 8.88. The molecule has 0 saturated carbocycles. The second-order valence-electron chi connectivity index (χ2n) is 6.24. The smallest absolute Gasteiger partial charge is 0.145 e. The maximum Gasteiger partial charge on any atom is 0.145 e. The van der Waals surface area contributed by atoms with Crippen LogP contribution >= 0.6 is 0 Å². The van der Waals surface area contributed by atoms with Crippen molar-refractivity contribution in [2.75, 3.05) is 44.8 Å². The van der Waals surface area contributed by atoms with Gasteiger partial charge in [0.25, 0.3) is 0 Å². The van der Waals surface area contributed by atoms with Gasteiger partial charge in [-0.05, 0) is 24.6 Å². The van der Waals surface area contributed by atoms with Gasteiger partial charge in [-0.25, -0.2) is 4.98 Å². The van der Waals surface area contributed by atoms with Crippen molar-refractivity contribution in [1.29, 1.82) is 5.26 Å². The highest BCUT2D eigenvalue weighted by molar-refractivity contribution is 5.44. The zero-order chi connectivity index (χ0) is 18.2. The lowest BCUT2D eigenvalue weighted by Gasteiger charge is -2.26. The molecule has 0 amide bonds. The van der Waals surface area contributed by atoms with Crippen LogP contribution in [-0.4, -0.2) is 49.3 Å². The van der Waals surface area contributed by atoms with E-state index in [1.54, 1.807) is 0 Å². The SMILES string of the molecule is Cc1ccc(NCc2ccccc2OCCN2CCOCC2)nc1C#N. The van der Waals surface area contributed by atoms with Crippen LogP contribution in [0.4, 0.5) is 5.82 Å². The number of pyridine rings is 1. The minimum atomic E-state index is 0.449. The van der Waals surface area contributed by atoms with E-state index in [-0.39, 0.29) is 0 Å². The average molecular weight is 352 g/mol. The predicted molar refractivity (Wildman–Crippen MR) is 100 cm³/mol. The van der Waals surface area contributed by atoms with Crippen molar-refractivity contribution in [2.45, 2.75) is 13.5 Å². The summed E-state index contributed by atoms with van der Waals surface area (Å²) in [5.74, 6) is 1.57. The van der Waals surface area contributed by atoms with Gasteiger partial charge in [0, 0.05) is 31.7 Å². The number of hydrogen-bond acceptors (Lipinski definition) is 6. The van der Waals surface area contributed by atoms with E-state index in [4.69, 9.17) is 14.7 Å². The number of rotatable bonds is 7. The quantitative estimate of drug-likeness (QED) is 0.826. The molecular formula is C20H24N4O2. The monoisotopic (exact) mass is 352 g/mol. The summed E-state index contributed by atoms with van der Waals surface area (Å²) < 4.78 is 11.4. The molecule has 0 radical (unpaired) electrons. The largest absolute Gasteiger partial charge is 0.492 e. The molecule has 6 heteroatoms. The summed E-state index contributed by atoms with van der Waals surface area (Å²) in [6, 6.07) is 13.9. The Kier molecular flexibility index (Phi) is 6.42. The number of nitrogens with zero attached hydrogens (tertiary/aromatic N) is 3. The lowest BCUT2D eigenvalue weighted by Crippen LogP contribution is -2.38. The molecule has 1 saturated heterocycles. The molecule has 1 aromatic heterocycles. The third-order valence-corrected chi connectivity index (χ3v) is 4.40.